The molecule has 2 aromatic rings. The van der Waals surface area contributed by atoms with E-state index >= 15 is 0 Å². The summed E-state index contributed by atoms with van der Waals surface area (Å²) in [4.78, 5) is 23.4. The van der Waals surface area contributed by atoms with Crippen LogP contribution < -0.4 is 20.6 Å². The molecule has 0 bridgehead atoms. The van der Waals surface area contributed by atoms with E-state index in [9.17, 15) is 19.8 Å². The number of carbonyl (C=O) groups excluding carboxylic acids is 2. The van der Waals surface area contributed by atoms with E-state index in [1.54, 1.807) is 36.4 Å². The SMILES string of the molecule is COc1cc(/C=C/C(=O)CC(/C=C/c2ccc(O)c(OC)c2)=N/NC(N)=O)ccc1O. The number of ketones is 1. The number of urea groups is 1. The average Bonchev–Trinajstić information content (AvgIpc) is 2.75. The number of allylic oxidation sites excluding steroid dienone is 2. The van der Waals surface area contributed by atoms with Crippen LogP contribution in [0.25, 0.3) is 12.2 Å². The smallest absolute Gasteiger partial charge is 0.332 e. The molecule has 2 aromatic carbocycles. The van der Waals surface area contributed by atoms with Gasteiger partial charge in [0, 0.05) is 0 Å². The van der Waals surface area contributed by atoms with Gasteiger partial charge in [-0.25, -0.2) is 10.2 Å². The standard InChI is InChI=1S/C22H23N3O6/c1-30-20-11-14(5-9-18(20)27)3-7-16(24-25-22(23)29)13-17(26)8-4-15-6-10-19(28)21(12-15)31-2/h3-12,27-28H,13H2,1-2H3,(H3,23,25,29)/b7-3+,8-4+,24-16+. The molecule has 2 amide bonds. The van der Waals surface area contributed by atoms with Crippen molar-refractivity contribution in [1.29, 1.82) is 0 Å². The monoisotopic (exact) mass is 425 g/mol. The molecule has 9 nitrogen and oxygen atoms in total. The summed E-state index contributed by atoms with van der Waals surface area (Å²) in [6, 6.07) is 8.53. The van der Waals surface area contributed by atoms with E-state index < -0.39 is 6.03 Å². The van der Waals surface area contributed by atoms with Crippen molar-refractivity contribution in [2.75, 3.05) is 14.2 Å². The van der Waals surface area contributed by atoms with E-state index in [2.05, 4.69) is 10.5 Å². The van der Waals surface area contributed by atoms with Crippen molar-refractivity contribution < 1.29 is 29.3 Å². The van der Waals surface area contributed by atoms with Crippen molar-refractivity contribution >= 4 is 29.7 Å². The van der Waals surface area contributed by atoms with Gasteiger partial charge in [-0.1, -0.05) is 24.3 Å². The topological polar surface area (TPSA) is 143 Å². The number of aromatic hydroxyl groups is 2. The second kappa shape index (κ2) is 11.1. The first-order valence-corrected chi connectivity index (χ1v) is 9.07. The summed E-state index contributed by atoms with van der Waals surface area (Å²) in [6.07, 6.45) is 5.99. The molecule has 0 heterocycles. The van der Waals surface area contributed by atoms with Crippen LogP contribution in [-0.2, 0) is 4.79 Å². The number of nitrogens with zero attached hydrogens (tertiary/aromatic N) is 1. The average molecular weight is 425 g/mol. The van der Waals surface area contributed by atoms with Crippen molar-refractivity contribution in [2.45, 2.75) is 6.42 Å². The number of nitrogens with one attached hydrogen (secondary N) is 1. The van der Waals surface area contributed by atoms with Crippen LogP contribution in [-0.4, -0.2) is 42.0 Å². The van der Waals surface area contributed by atoms with E-state index in [-0.39, 0.29) is 35.2 Å². The van der Waals surface area contributed by atoms with E-state index in [1.807, 2.05) is 0 Å². The number of carbonyl (C=O) groups is 2. The molecular formula is C22H23N3O6. The van der Waals surface area contributed by atoms with Crippen LogP contribution in [0.5, 0.6) is 23.0 Å². The van der Waals surface area contributed by atoms with Gasteiger partial charge in [0.05, 0.1) is 26.4 Å². The molecule has 2 rings (SSSR count). The highest BCUT2D eigenvalue weighted by Crippen LogP contribution is 2.27. The molecule has 0 fully saturated rings. The third-order valence-corrected chi connectivity index (χ3v) is 4.00. The van der Waals surface area contributed by atoms with Crippen molar-refractivity contribution in [2.24, 2.45) is 10.8 Å². The highest BCUT2D eigenvalue weighted by molar-refractivity contribution is 6.13. The number of benzene rings is 2. The fraction of sp³-hybridized carbons (Fsp3) is 0.136. The number of nitrogens with two attached hydrogens (primary N) is 1. The first-order valence-electron chi connectivity index (χ1n) is 9.07. The first kappa shape index (κ1) is 23.0. The largest absolute Gasteiger partial charge is 0.504 e. The molecule has 0 saturated carbocycles. The molecule has 31 heavy (non-hydrogen) atoms. The Hall–Kier alpha value is -4.27. The lowest BCUT2D eigenvalue weighted by atomic mass is 10.1. The molecule has 0 unspecified atom stereocenters. The number of phenols is 2. The molecule has 0 radical (unpaired) electrons. The fourth-order valence-corrected chi connectivity index (χ4v) is 2.48. The first-order chi connectivity index (χ1) is 14.8. The molecule has 0 aliphatic rings. The molecule has 5 N–H and O–H groups in total. The van der Waals surface area contributed by atoms with Crippen LogP contribution in [0.1, 0.15) is 17.5 Å². The number of phenolic OH excluding ortho intramolecular Hbond substituents is 2. The van der Waals surface area contributed by atoms with Crippen LogP contribution in [0, 0.1) is 0 Å². The summed E-state index contributed by atoms with van der Waals surface area (Å²) < 4.78 is 10.1. The zero-order valence-corrected chi connectivity index (χ0v) is 17.0. The van der Waals surface area contributed by atoms with Crippen LogP contribution in [0.15, 0.2) is 53.7 Å². The number of ether oxygens (including phenoxy) is 2. The van der Waals surface area contributed by atoms with Gasteiger partial charge < -0.3 is 25.4 Å². The van der Waals surface area contributed by atoms with Gasteiger partial charge in [-0.05, 0) is 47.5 Å². The third kappa shape index (κ3) is 7.24. The Labute approximate surface area is 179 Å². The second-order valence-corrected chi connectivity index (χ2v) is 6.25. The molecule has 0 spiro atoms. The van der Waals surface area contributed by atoms with E-state index in [0.717, 1.165) is 0 Å². The van der Waals surface area contributed by atoms with Gasteiger partial charge in [-0.15, -0.1) is 0 Å². The van der Waals surface area contributed by atoms with Gasteiger partial charge in [-0.2, -0.15) is 5.10 Å². The molecular weight excluding hydrogens is 402 g/mol. The number of methoxy groups -OCH3 is 2. The number of hydrogen-bond donors (Lipinski definition) is 4. The van der Waals surface area contributed by atoms with Gasteiger partial charge in [0.25, 0.3) is 0 Å². The summed E-state index contributed by atoms with van der Waals surface area (Å²) in [5.41, 5.74) is 8.75. The zero-order chi connectivity index (χ0) is 22.8. The van der Waals surface area contributed by atoms with E-state index in [1.165, 1.54) is 38.5 Å². The Balaban J connectivity index is 2.15. The molecule has 9 heteroatoms. The predicted octanol–water partition coefficient (Wildman–Crippen LogP) is 2.83. The Morgan fingerprint density at radius 3 is 1.97 bits per heavy atom. The lowest BCUT2D eigenvalue weighted by Crippen LogP contribution is -2.25. The van der Waals surface area contributed by atoms with Gasteiger partial charge in [0.2, 0.25) is 0 Å². The van der Waals surface area contributed by atoms with Crippen LogP contribution in [0.4, 0.5) is 4.79 Å². The van der Waals surface area contributed by atoms with Crippen LogP contribution in [0.2, 0.25) is 0 Å². The Morgan fingerprint density at radius 2 is 1.48 bits per heavy atom. The maximum absolute atomic E-state index is 12.4. The number of primary amides is 1. The number of amides is 2. The van der Waals surface area contributed by atoms with E-state index in [0.29, 0.717) is 16.9 Å². The highest BCUT2D eigenvalue weighted by Gasteiger charge is 2.06. The van der Waals surface area contributed by atoms with Crippen LogP contribution >= 0.6 is 0 Å². The third-order valence-electron chi connectivity index (χ3n) is 4.00. The predicted molar refractivity (Wildman–Crippen MR) is 117 cm³/mol. The molecule has 0 atom stereocenters. The molecule has 0 aliphatic heterocycles. The Bertz CT molecular complexity index is 1040. The normalized spacial score (nSPS) is 11.6. The Kier molecular flexibility index (Phi) is 8.21. The summed E-state index contributed by atoms with van der Waals surface area (Å²) in [5, 5.41) is 23.1. The number of hydrazone groups is 1. The lowest BCUT2D eigenvalue weighted by Gasteiger charge is -2.04. The number of rotatable bonds is 9. The molecule has 162 valence electrons. The quantitative estimate of drug-likeness (QED) is 0.276. The Morgan fingerprint density at radius 1 is 0.968 bits per heavy atom. The summed E-state index contributed by atoms with van der Waals surface area (Å²) in [6.45, 7) is 0. The minimum atomic E-state index is -0.864. The second-order valence-electron chi connectivity index (χ2n) is 6.25. The molecule has 0 aromatic heterocycles. The number of hydrogen-bond acceptors (Lipinski definition) is 7. The van der Waals surface area contributed by atoms with Crippen molar-refractivity contribution in [3.8, 4) is 23.0 Å². The molecule has 0 saturated heterocycles. The maximum Gasteiger partial charge on any atom is 0.332 e. The van der Waals surface area contributed by atoms with Gasteiger partial charge in [0.1, 0.15) is 0 Å². The van der Waals surface area contributed by atoms with Crippen LogP contribution in [0.3, 0.4) is 0 Å². The maximum atomic E-state index is 12.4. The van der Waals surface area contributed by atoms with Crippen molar-refractivity contribution in [1.82, 2.24) is 5.43 Å². The highest BCUT2D eigenvalue weighted by atomic mass is 16.5. The van der Waals surface area contributed by atoms with Crippen molar-refractivity contribution in [3.05, 3.63) is 59.7 Å². The summed E-state index contributed by atoms with van der Waals surface area (Å²) in [5.74, 6) is 0.281. The van der Waals surface area contributed by atoms with Crippen molar-refractivity contribution in [3.63, 3.8) is 0 Å². The zero-order valence-electron chi connectivity index (χ0n) is 17.0. The summed E-state index contributed by atoms with van der Waals surface area (Å²) >= 11 is 0. The lowest BCUT2D eigenvalue weighted by molar-refractivity contribution is -0.113. The minimum absolute atomic E-state index is 0.00453. The molecule has 0 aliphatic carbocycles. The fourth-order valence-electron chi connectivity index (χ4n) is 2.48. The van der Waals surface area contributed by atoms with Gasteiger partial charge in [-0.3, -0.25) is 4.79 Å². The summed E-state index contributed by atoms with van der Waals surface area (Å²) in [7, 11) is 2.86. The van der Waals surface area contributed by atoms with E-state index in [4.69, 9.17) is 15.2 Å². The van der Waals surface area contributed by atoms with Gasteiger partial charge >= 0.3 is 6.03 Å². The minimum Gasteiger partial charge on any atom is -0.504 e. The van der Waals surface area contributed by atoms with Gasteiger partial charge in [0.15, 0.2) is 28.8 Å².